The first-order valence-corrected chi connectivity index (χ1v) is 5.90. The molecule has 0 aliphatic carbocycles. The molecule has 0 N–H and O–H groups in total. The van der Waals surface area contributed by atoms with Gasteiger partial charge in [-0.05, 0) is 29.7 Å². The van der Waals surface area contributed by atoms with E-state index in [1.54, 1.807) is 0 Å². The maximum absolute atomic E-state index is 5.82. The normalized spacial score (nSPS) is 11.8. The Kier molecular flexibility index (Phi) is 3.20. The van der Waals surface area contributed by atoms with E-state index in [9.17, 15) is 0 Å². The Hall–Kier alpha value is -1.35. The molecule has 0 bridgehead atoms. The van der Waals surface area contributed by atoms with Gasteiger partial charge in [0.2, 0.25) is 11.8 Å². The topological polar surface area (TPSA) is 38.9 Å². The minimum atomic E-state index is 0.143. The summed E-state index contributed by atoms with van der Waals surface area (Å²) in [6.07, 6.45) is 0.771. The second kappa shape index (κ2) is 4.49. The van der Waals surface area contributed by atoms with Crippen LogP contribution in [-0.2, 0) is 6.42 Å². The van der Waals surface area contributed by atoms with Crippen LogP contribution in [0.2, 0.25) is 5.02 Å². The highest BCUT2D eigenvalue weighted by Gasteiger charge is 2.16. The second-order valence-corrected chi connectivity index (χ2v) is 5.68. The van der Waals surface area contributed by atoms with Crippen LogP contribution in [0.3, 0.4) is 0 Å². The quantitative estimate of drug-likeness (QED) is 0.809. The molecule has 17 heavy (non-hydrogen) atoms. The molecule has 0 saturated carbocycles. The van der Waals surface area contributed by atoms with Crippen LogP contribution in [0.15, 0.2) is 28.7 Å². The van der Waals surface area contributed by atoms with E-state index in [4.69, 9.17) is 16.0 Å². The fourth-order valence-electron chi connectivity index (χ4n) is 1.49. The smallest absolute Gasteiger partial charge is 0.247 e. The van der Waals surface area contributed by atoms with Gasteiger partial charge in [0.25, 0.3) is 0 Å². The van der Waals surface area contributed by atoms with Gasteiger partial charge >= 0.3 is 0 Å². The van der Waals surface area contributed by atoms with Crippen LogP contribution >= 0.6 is 11.6 Å². The molecule has 1 aromatic heterocycles. The predicted octanol–water partition coefficient (Wildman–Crippen LogP) is 3.98. The monoisotopic (exact) mass is 250 g/mol. The molecule has 0 amide bonds. The van der Waals surface area contributed by atoms with Crippen molar-refractivity contribution >= 4 is 11.6 Å². The zero-order valence-corrected chi connectivity index (χ0v) is 11.0. The fraction of sp³-hybridized carbons (Fsp3) is 0.385. The third-order valence-electron chi connectivity index (χ3n) is 2.24. The summed E-state index contributed by atoms with van der Waals surface area (Å²) in [6, 6.07) is 7.36. The van der Waals surface area contributed by atoms with Gasteiger partial charge in [-0.15, -0.1) is 10.2 Å². The summed E-state index contributed by atoms with van der Waals surface area (Å²) in [7, 11) is 0. The Morgan fingerprint density at radius 3 is 2.35 bits per heavy atom. The first-order valence-electron chi connectivity index (χ1n) is 5.52. The van der Waals surface area contributed by atoms with E-state index < -0.39 is 0 Å². The molecule has 0 aliphatic rings. The van der Waals surface area contributed by atoms with E-state index >= 15 is 0 Å². The molecule has 1 aromatic carbocycles. The van der Waals surface area contributed by atoms with E-state index in [0.717, 1.165) is 12.0 Å². The Balaban J connectivity index is 2.21. The molecule has 0 spiro atoms. The molecule has 4 heteroatoms. The van der Waals surface area contributed by atoms with E-state index in [1.807, 2.05) is 24.3 Å². The van der Waals surface area contributed by atoms with Crippen LogP contribution in [0.1, 0.15) is 26.7 Å². The summed E-state index contributed by atoms with van der Waals surface area (Å²) >= 11 is 5.82. The van der Waals surface area contributed by atoms with Crippen molar-refractivity contribution < 1.29 is 4.42 Å². The van der Waals surface area contributed by atoms with Crippen molar-refractivity contribution in [2.24, 2.45) is 5.41 Å². The standard InChI is InChI=1S/C13H15ClN2O/c1-13(2,3)8-11-15-16-12(17-11)9-4-6-10(14)7-5-9/h4-7H,8H2,1-3H3. The van der Waals surface area contributed by atoms with Gasteiger partial charge in [0.1, 0.15) is 0 Å². The summed E-state index contributed by atoms with van der Waals surface area (Å²) in [4.78, 5) is 0. The number of nitrogens with zero attached hydrogens (tertiary/aromatic N) is 2. The number of hydrogen-bond donors (Lipinski definition) is 0. The molecule has 0 saturated heterocycles. The second-order valence-electron chi connectivity index (χ2n) is 5.25. The number of rotatable bonds is 2. The van der Waals surface area contributed by atoms with Crippen LogP contribution in [-0.4, -0.2) is 10.2 Å². The number of hydrogen-bond acceptors (Lipinski definition) is 3. The van der Waals surface area contributed by atoms with E-state index in [-0.39, 0.29) is 5.41 Å². The van der Waals surface area contributed by atoms with Gasteiger partial charge in [0.05, 0.1) is 0 Å². The van der Waals surface area contributed by atoms with Crippen molar-refractivity contribution in [1.29, 1.82) is 0 Å². The van der Waals surface area contributed by atoms with E-state index in [0.29, 0.717) is 16.8 Å². The lowest BCUT2D eigenvalue weighted by molar-refractivity contribution is 0.357. The number of halogens is 1. The first kappa shape index (κ1) is 12.1. The maximum Gasteiger partial charge on any atom is 0.247 e. The molecule has 0 atom stereocenters. The number of benzene rings is 1. The lowest BCUT2D eigenvalue weighted by Crippen LogP contribution is -2.09. The molecule has 0 aliphatic heterocycles. The van der Waals surface area contributed by atoms with Gasteiger partial charge in [-0.2, -0.15) is 0 Å². The molecule has 3 nitrogen and oxygen atoms in total. The lowest BCUT2D eigenvalue weighted by atomic mass is 9.92. The van der Waals surface area contributed by atoms with Crippen LogP contribution in [0.5, 0.6) is 0 Å². The Labute approximate surface area is 106 Å². The van der Waals surface area contributed by atoms with Crippen molar-refractivity contribution in [3.8, 4) is 11.5 Å². The predicted molar refractivity (Wildman–Crippen MR) is 67.9 cm³/mol. The molecule has 1 heterocycles. The molecule has 0 fully saturated rings. The average molecular weight is 251 g/mol. The van der Waals surface area contributed by atoms with E-state index in [2.05, 4.69) is 31.0 Å². The molecular weight excluding hydrogens is 236 g/mol. The van der Waals surface area contributed by atoms with Gasteiger partial charge < -0.3 is 4.42 Å². The van der Waals surface area contributed by atoms with Crippen molar-refractivity contribution in [2.45, 2.75) is 27.2 Å². The first-order chi connectivity index (χ1) is 7.94. The SMILES string of the molecule is CC(C)(C)Cc1nnc(-c2ccc(Cl)cc2)o1. The Morgan fingerprint density at radius 1 is 1.12 bits per heavy atom. The largest absolute Gasteiger partial charge is 0.421 e. The average Bonchev–Trinajstić information content (AvgIpc) is 2.64. The zero-order chi connectivity index (χ0) is 12.5. The third kappa shape index (κ3) is 3.30. The summed E-state index contributed by atoms with van der Waals surface area (Å²) in [5.41, 5.74) is 1.03. The highest BCUT2D eigenvalue weighted by atomic mass is 35.5. The highest BCUT2D eigenvalue weighted by molar-refractivity contribution is 6.30. The van der Waals surface area contributed by atoms with Gasteiger partial charge in [-0.1, -0.05) is 32.4 Å². The minimum Gasteiger partial charge on any atom is -0.421 e. The molecule has 2 aromatic rings. The molecule has 0 unspecified atom stereocenters. The summed E-state index contributed by atoms with van der Waals surface area (Å²) in [5.74, 6) is 1.21. The third-order valence-corrected chi connectivity index (χ3v) is 2.49. The minimum absolute atomic E-state index is 0.143. The lowest BCUT2D eigenvalue weighted by Gasteiger charge is -2.14. The van der Waals surface area contributed by atoms with Crippen molar-refractivity contribution in [3.63, 3.8) is 0 Å². The highest BCUT2D eigenvalue weighted by Crippen LogP contribution is 2.24. The van der Waals surface area contributed by atoms with Crippen LogP contribution in [0.25, 0.3) is 11.5 Å². The summed E-state index contributed by atoms with van der Waals surface area (Å²) in [5, 5.41) is 8.79. The Morgan fingerprint density at radius 2 is 1.76 bits per heavy atom. The van der Waals surface area contributed by atoms with Crippen molar-refractivity contribution in [2.75, 3.05) is 0 Å². The summed E-state index contributed by atoms with van der Waals surface area (Å²) < 4.78 is 5.62. The van der Waals surface area contributed by atoms with Gasteiger partial charge in [0.15, 0.2) is 0 Å². The fourth-order valence-corrected chi connectivity index (χ4v) is 1.61. The molecule has 0 radical (unpaired) electrons. The number of aromatic nitrogens is 2. The van der Waals surface area contributed by atoms with Crippen LogP contribution in [0.4, 0.5) is 0 Å². The Bertz CT molecular complexity index is 497. The molecular formula is C13H15ClN2O. The van der Waals surface area contributed by atoms with E-state index in [1.165, 1.54) is 0 Å². The zero-order valence-electron chi connectivity index (χ0n) is 10.2. The van der Waals surface area contributed by atoms with Gasteiger partial charge in [0, 0.05) is 17.0 Å². The van der Waals surface area contributed by atoms with Crippen molar-refractivity contribution in [3.05, 3.63) is 35.2 Å². The van der Waals surface area contributed by atoms with Crippen molar-refractivity contribution in [1.82, 2.24) is 10.2 Å². The van der Waals surface area contributed by atoms with Crippen LogP contribution in [0, 0.1) is 5.41 Å². The van der Waals surface area contributed by atoms with Crippen LogP contribution < -0.4 is 0 Å². The van der Waals surface area contributed by atoms with Gasteiger partial charge in [-0.3, -0.25) is 0 Å². The molecule has 90 valence electrons. The summed E-state index contributed by atoms with van der Waals surface area (Å²) in [6.45, 7) is 6.41. The molecule has 2 rings (SSSR count). The van der Waals surface area contributed by atoms with Gasteiger partial charge in [-0.25, -0.2) is 0 Å². The maximum atomic E-state index is 5.82.